The number of nitrogens with zero attached hydrogens (tertiary/aromatic N) is 2. The van der Waals surface area contributed by atoms with Crippen molar-refractivity contribution >= 4 is 17.4 Å². The lowest BCUT2D eigenvalue weighted by Gasteiger charge is -2.05. The van der Waals surface area contributed by atoms with Gasteiger partial charge in [0.25, 0.3) is 5.91 Å². The van der Waals surface area contributed by atoms with Gasteiger partial charge in [-0.05, 0) is 36.8 Å². The maximum atomic E-state index is 12.0. The van der Waals surface area contributed by atoms with E-state index in [1.54, 1.807) is 24.4 Å². The zero-order chi connectivity index (χ0) is 15.9. The number of phenolic OH excluding ortho intramolecular Hbond substituents is 1. The zero-order valence-corrected chi connectivity index (χ0v) is 11.9. The molecular formula is C16H14N4O2. The predicted molar refractivity (Wildman–Crippen MR) is 83.0 cm³/mol. The molecule has 0 saturated carbocycles. The summed E-state index contributed by atoms with van der Waals surface area (Å²) in [5, 5.41) is 23.8. The van der Waals surface area contributed by atoms with Crippen LogP contribution in [-0.2, 0) is 4.79 Å². The van der Waals surface area contributed by atoms with Crippen molar-refractivity contribution in [3.05, 3.63) is 59.9 Å². The summed E-state index contributed by atoms with van der Waals surface area (Å²) in [5.41, 5.74) is 1.31. The van der Waals surface area contributed by atoms with Gasteiger partial charge in [-0.2, -0.15) is 5.26 Å². The number of carbonyl (C=O) groups is 1. The van der Waals surface area contributed by atoms with Gasteiger partial charge in [-0.3, -0.25) is 4.79 Å². The third-order valence-electron chi connectivity index (χ3n) is 2.75. The lowest BCUT2D eigenvalue weighted by Crippen LogP contribution is -2.14. The van der Waals surface area contributed by atoms with Gasteiger partial charge in [0.1, 0.15) is 23.2 Å². The average Bonchev–Trinajstić information content (AvgIpc) is 2.48. The van der Waals surface area contributed by atoms with Gasteiger partial charge in [-0.1, -0.05) is 6.07 Å². The van der Waals surface area contributed by atoms with Gasteiger partial charge in [0.15, 0.2) is 0 Å². The van der Waals surface area contributed by atoms with Gasteiger partial charge in [0.2, 0.25) is 0 Å². The molecule has 0 atom stereocenters. The number of hydrogen-bond acceptors (Lipinski definition) is 5. The van der Waals surface area contributed by atoms with Crippen LogP contribution in [-0.4, -0.2) is 16.0 Å². The molecule has 0 radical (unpaired) electrons. The molecule has 1 heterocycles. The standard InChI is InChI=1S/C16H14N4O2/c1-11-5-6-18-15(7-11)19-10-12(9-17)16(22)20-13-3-2-4-14(21)8-13/h2-8,10,21H,1H3,(H,18,19)(H,20,22)/b12-10-. The van der Waals surface area contributed by atoms with Crippen LogP contribution < -0.4 is 10.6 Å². The highest BCUT2D eigenvalue weighted by atomic mass is 16.3. The molecule has 0 fully saturated rings. The summed E-state index contributed by atoms with van der Waals surface area (Å²) in [6.07, 6.45) is 2.92. The first-order valence-electron chi connectivity index (χ1n) is 6.48. The summed E-state index contributed by atoms with van der Waals surface area (Å²) >= 11 is 0. The van der Waals surface area contributed by atoms with E-state index < -0.39 is 5.91 Å². The second kappa shape index (κ2) is 6.90. The average molecular weight is 294 g/mol. The van der Waals surface area contributed by atoms with Crippen LogP contribution in [0.3, 0.4) is 0 Å². The molecule has 3 N–H and O–H groups in total. The summed E-state index contributed by atoms with van der Waals surface area (Å²) in [4.78, 5) is 16.1. The van der Waals surface area contributed by atoms with E-state index in [-0.39, 0.29) is 11.3 Å². The van der Waals surface area contributed by atoms with Crippen molar-refractivity contribution in [3.63, 3.8) is 0 Å². The number of phenols is 1. The molecule has 0 aliphatic heterocycles. The lowest BCUT2D eigenvalue weighted by atomic mass is 10.2. The number of nitriles is 1. The number of nitrogens with one attached hydrogen (secondary N) is 2. The van der Waals surface area contributed by atoms with Crippen LogP contribution in [0.25, 0.3) is 0 Å². The fourth-order valence-corrected chi connectivity index (χ4v) is 1.69. The fourth-order valence-electron chi connectivity index (χ4n) is 1.69. The Kier molecular flexibility index (Phi) is 4.73. The molecule has 0 unspecified atom stereocenters. The highest BCUT2D eigenvalue weighted by molar-refractivity contribution is 6.06. The van der Waals surface area contributed by atoms with Gasteiger partial charge in [-0.25, -0.2) is 4.98 Å². The quantitative estimate of drug-likeness (QED) is 0.594. The number of aromatic nitrogens is 1. The molecule has 1 amide bonds. The topological polar surface area (TPSA) is 98.0 Å². The van der Waals surface area contributed by atoms with Crippen molar-refractivity contribution in [1.82, 2.24) is 4.98 Å². The number of amides is 1. The number of carbonyl (C=O) groups excluding carboxylic acids is 1. The van der Waals surface area contributed by atoms with Crippen LogP contribution in [0, 0.1) is 18.3 Å². The van der Waals surface area contributed by atoms with Crippen molar-refractivity contribution in [2.45, 2.75) is 6.92 Å². The fraction of sp³-hybridized carbons (Fsp3) is 0.0625. The van der Waals surface area contributed by atoms with Gasteiger partial charge in [0.05, 0.1) is 0 Å². The molecule has 0 aliphatic rings. The van der Waals surface area contributed by atoms with E-state index in [1.165, 1.54) is 18.3 Å². The molecule has 0 spiro atoms. The molecule has 2 aromatic rings. The minimum Gasteiger partial charge on any atom is -0.508 e. The van der Waals surface area contributed by atoms with Crippen LogP contribution >= 0.6 is 0 Å². The summed E-state index contributed by atoms with van der Waals surface area (Å²) in [5.74, 6) is -0.00599. The normalized spacial score (nSPS) is 10.6. The van der Waals surface area contributed by atoms with Gasteiger partial charge in [0, 0.05) is 24.2 Å². The minimum absolute atomic E-state index is 0.0300. The third kappa shape index (κ3) is 4.08. The van der Waals surface area contributed by atoms with E-state index in [0.717, 1.165) is 5.56 Å². The number of anilines is 2. The maximum absolute atomic E-state index is 12.0. The molecule has 0 saturated heterocycles. The summed E-state index contributed by atoms with van der Waals surface area (Å²) < 4.78 is 0. The van der Waals surface area contributed by atoms with E-state index in [4.69, 9.17) is 5.26 Å². The van der Waals surface area contributed by atoms with E-state index in [9.17, 15) is 9.90 Å². The van der Waals surface area contributed by atoms with Gasteiger partial charge >= 0.3 is 0 Å². The van der Waals surface area contributed by atoms with Crippen LogP contribution in [0.15, 0.2) is 54.4 Å². The molecule has 22 heavy (non-hydrogen) atoms. The van der Waals surface area contributed by atoms with E-state index >= 15 is 0 Å². The molecule has 0 aliphatic carbocycles. The molecule has 6 heteroatoms. The van der Waals surface area contributed by atoms with Crippen LogP contribution in [0.1, 0.15) is 5.56 Å². The Hall–Kier alpha value is -3.33. The minimum atomic E-state index is -0.576. The molecule has 0 bridgehead atoms. The lowest BCUT2D eigenvalue weighted by molar-refractivity contribution is -0.112. The second-order valence-corrected chi connectivity index (χ2v) is 4.54. The number of rotatable bonds is 4. The molecule has 6 nitrogen and oxygen atoms in total. The Morgan fingerprint density at radius 1 is 1.36 bits per heavy atom. The Balaban J connectivity index is 2.09. The van der Waals surface area contributed by atoms with Crippen molar-refractivity contribution in [1.29, 1.82) is 5.26 Å². The molecular weight excluding hydrogens is 280 g/mol. The van der Waals surface area contributed by atoms with E-state index in [0.29, 0.717) is 11.5 Å². The molecule has 1 aromatic carbocycles. The number of hydrogen-bond donors (Lipinski definition) is 3. The Morgan fingerprint density at radius 2 is 2.18 bits per heavy atom. The van der Waals surface area contributed by atoms with Crippen molar-refractivity contribution in [3.8, 4) is 11.8 Å². The molecule has 110 valence electrons. The van der Waals surface area contributed by atoms with Crippen LogP contribution in [0.5, 0.6) is 5.75 Å². The Labute approximate surface area is 127 Å². The smallest absolute Gasteiger partial charge is 0.267 e. The van der Waals surface area contributed by atoms with Gasteiger partial charge in [-0.15, -0.1) is 0 Å². The first kappa shape index (κ1) is 15.1. The zero-order valence-electron chi connectivity index (χ0n) is 11.9. The first-order valence-corrected chi connectivity index (χ1v) is 6.48. The molecule has 1 aromatic heterocycles. The number of aromatic hydroxyl groups is 1. The predicted octanol–water partition coefficient (Wildman–Crippen LogP) is 2.55. The monoisotopic (exact) mass is 294 g/mol. The molecule has 2 rings (SSSR count). The largest absolute Gasteiger partial charge is 0.508 e. The van der Waals surface area contributed by atoms with Crippen LogP contribution in [0.2, 0.25) is 0 Å². The van der Waals surface area contributed by atoms with E-state index in [1.807, 2.05) is 19.1 Å². The summed E-state index contributed by atoms with van der Waals surface area (Å²) in [6.45, 7) is 1.91. The van der Waals surface area contributed by atoms with Crippen molar-refractivity contribution in [2.24, 2.45) is 0 Å². The van der Waals surface area contributed by atoms with Gasteiger partial charge < -0.3 is 15.7 Å². The third-order valence-corrected chi connectivity index (χ3v) is 2.75. The highest BCUT2D eigenvalue weighted by Gasteiger charge is 2.09. The number of pyridine rings is 1. The Morgan fingerprint density at radius 3 is 2.86 bits per heavy atom. The second-order valence-electron chi connectivity index (χ2n) is 4.54. The van der Waals surface area contributed by atoms with Crippen molar-refractivity contribution in [2.75, 3.05) is 10.6 Å². The SMILES string of the molecule is Cc1ccnc(N/C=C(/C#N)C(=O)Nc2cccc(O)c2)c1. The van der Waals surface area contributed by atoms with Crippen LogP contribution in [0.4, 0.5) is 11.5 Å². The Bertz CT molecular complexity index is 763. The summed E-state index contributed by atoms with van der Waals surface area (Å²) in [7, 11) is 0. The summed E-state index contributed by atoms with van der Waals surface area (Å²) in [6, 6.07) is 11.5. The number of aryl methyl sites for hydroxylation is 1. The highest BCUT2D eigenvalue weighted by Crippen LogP contribution is 2.16. The number of benzene rings is 1. The maximum Gasteiger partial charge on any atom is 0.267 e. The first-order chi connectivity index (χ1) is 10.6. The van der Waals surface area contributed by atoms with E-state index in [2.05, 4.69) is 15.6 Å². The van der Waals surface area contributed by atoms with Crippen molar-refractivity contribution < 1.29 is 9.90 Å².